The summed E-state index contributed by atoms with van der Waals surface area (Å²) in [6.45, 7) is 3.13. The van der Waals surface area contributed by atoms with Crippen molar-refractivity contribution in [3.05, 3.63) is 126 Å². The Morgan fingerprint density at radius 1 is 0.554 bits per heavy atom. The van der Waals surface area contributed by atoms with Crippen LogP contribution in [-0.4, -0.2) is 323 Å². The third-order valence-electron chi connectivity index (χ3n) is 24.7. The van der Waals surface area contributed by atoms with Gasteiger partial charge in [0.2, 0.25) is 100 Å². The Labute approximate surface area is 805 Å². The molecule has 6 aromatic rings. The van der Waals surface area contributed by atoms with Crippen LogP contribution in [0.15, 0.2) is 97.7 Å². The minimum Gasteiger partial charge on any atom is -0.481 e. The molecule has 0 saturated carbocycles. The van der Waals surface area contributed by atoms with Crippen molar-refractivity contribution in [1.82, 2.24) is 103 Å². The standard InChI is InChI=1S/C92H126N26O20S/c1-7-9-22-70-84(131)107-61(21-15-33-100-92(97)98)80(127)113-69(79(126)103-45-75(96)121)47-139-48-76(122)105-66(35-51-25-27-52(41-94)28-26-51)87(134)114(4)50(3)78(125)111-68(40-74(95)120)90(137)117-34-16-24-71(117)85(132)110-65(38-55-44-99-49-104-55)83(130)108-63(29-30-77(123)124)89(136)118-46-56(119)39-73(118)86(133)109-64(36-53-42-101-59-19-13-11-17-57(53)59)82(129)106-62(31-32-93)81(128)112-67(37-54-43-102-60-20-14-12-18-58(54)60)88(135)116(6)72(23-10-8-2)91(138)115(70)5/h11-14,17-20,25-28,42-44,49-50,56,61-73,101-102,119H,7-10,15-16,21-24,29-40,45-48,93H2,1-6H3,(H2,95,120)(H2,96,121)(H,99,104)(H,103,126)(H,105,122)(H,106,129)(H,107,131)(H,108,130)(H,109,133)(H,110,132)(H,111,125)(H,112,128)(H,113,127)(H,123,124)(H4,97,98,100)/t50-,56+,61-,62?,63-,64-,65-,66-,67-,68-,69-,70-,71-,72-,73-/m0/s1. The predicted octanol–water partition coefficient (Wildman–Crippen LogP) is -3.59. The molecule has 139 heavy (non-hydrogen) atoms. The number of carboxylic acids is 1. The number of carbonyl (C=O) groups excluding carboxylic acids is 17. The van der Waals surface area contributed by atoms with Crippen LogP contribution in [0.3, 0.4) is 0 Å². The first-order valence-electron chi connectivity index (χ1n) is 46.1. The third-order valence-corrected chi connectivity index (χ3v) is 25.7. The van der Waals surface area contributed by atoms with Gasteiger partial charge in [-0.1, -0.05) is 88.1 Å². The van der Waals surface area contributed by atoms with Crippen molar-refractivity contribution in [2.75, 3.05) is 65.4 Å². The summed E-state index contributed by atoms with van der Waals surface area (Å²) in [6, 6.07) is -0.464. The fraction of sp³-hybridized carbons (Fsp3) is 0.511. The first-order valence-corrected chi connectivity index (χ1v) is 47.3. The maximum absolute atomic E-state index is 15.9. The van der Waals surface area contributed by atoms with Gasteiger partial charge in [-0.25, -0.2) is 4.98 Å². The van der Waals surface area contributed by atoms with Crippen molar-refractivity contribution in [3.63, 3.8) is 0 Å². The molecule has 0 aliphatic carbocycles. The van der Waals surface area contributed by atoms with Crippen molar-refractivity contribution < 1.29 is 96.5 Å². The Bertz CT molecular complexity index is 5450. The first kappa shape index (κ1) is 108. The van der Waals surface area contributed by atoms with Crippen LogP contribution in [0.5, 0.6) is 0 Å². The molecule has 25 N–H and O–H groups in total. The molecule has 47 heteroatoms. The molecule has 3 aromatic carbocycles. The number of amides is 17. The molecule has 750 valence electrons. The van der Waals surface area contributed by atoms with Gasteiger partial charge in [0.1, 0.15) is 84.6 Å². The monoisotopic (exact) mass is 1950 g/mol. The van der Waals surface area contributed by atoms with Crippen LogP contribution in [-0.2, 0) is 112 Å². The Hall–Kier alpha value is -14.6. The number of rotatable bonds is 28. The fourth-order valence-electron chi connectivity index (χ4n) is 16.9. The lowest BCUT2D eigenvalue weighted by Crippen LogP contribution is -2.61. The smallest absolute Gasteiger partial charge is 0.303 e. The number of para-hydroxylation sites is 2. The van der Waals surface area contributed by atoms with Gasteiger partial charge in [-0.05, 0) is 106 Å². The molecule has 0 spiro atoms. The summed E-state index contributed by atoms with van der Waals surface area (Å²) in [5, 5.41) is 69.3. The quantitative estimate of drug-likeness (QED) is 0.0128. The van der Waals surface area contributed by atoms with Gasteiger partial charge in [-0.2, -0.15) is 5.26 Å². The number of aliphatic carboxylic acids is 1. The van der Waals surface area contributed by atoms with Crippen LogP contribution < -0.4 is 81.4 Å². The van der Waals surface area contributed by atoms with E-state index in [1.807, 2.05) is 19.9 Å². The van der Waals surface area contributed by atoms with Gasteiger partial charge < -0.3 is 131 Å². The minimum atomic E-state index is -1.85. The molecular weight excluding hydrogens is 1820 g/mol. The number of nitrogens with one attached hydrogen (secondary N) is 15. The highest BCUT2D eigenvalue weighted by molar-refractivity contribution is 8.00. The number of imidazole rings is 1. The number of carbonyl (C=O) groups is 18. The molecule has 1 unspecified atom stereocenters. The van der Waals surface area contributed by atoms with Crippen molar-refractivity contribution in [2.45, 2.75) is 233 Å². The second-order valence-electron chi connectivity index (χ2n) is 34.8. The number of nitriles is 1. The Kier molecular flexibility index (Phi) is 40.5. The highest BCUT2D eigenvalue weighted by Gasteiger charge is 2.47. The van der Waals surface area contributed by atoms with Gasteiger partial charge in [0.25, 0.3) is 0 Å². The van der Waals surface area contributed by atoms with Crippen LogP contribution in [0.1, 0.15) is 145 Å². The predicted molar refractivity (Wildman–Crippen MR) is 507 cm³/mol. The number of thioether (sulfide) groups is 1. The van der Waals surface area contributed by atoms with Crippen molar-refractivity contribution in [2.24, 2.45) is 22.9 Å². The van der Waals surface area contributed by atoms with E-state index in [4.69, 9.17) is 28.3 Å². The highest BCUT2D eigenvalue weighted by atomic mass is 32.2. The molecule has 3 aromatic heterocycles. The molecule has 0 bridgehead atoms. The normalized spacial score (nSPS) is 24.3. The molecule has 3 fully saturated rings. The molecule has 15 atom stereocenters. The molecular formula is C92H126N26O20S. The van der Waals surface area contributed by atoms with Crippen LogP contribution in [0, 0.1) is 16.7 Å². The van der Waals surface area contributed by atoms with Gasteiger partial charge >= 0.3 is 5.97 Å². The van der Waals surface area contributed by atoms with Gasteiger partial charge in [-0.15, -0.1) is 11.8 Å². The van der Waals surface area contributed by atoms with Crippen molar-refractivity contribution >= 4 is 146 Å². The summed E-state index contributed by atoms with van der Waals surface area (Å²) in [5.41, 5.74) is 26.2. The summed E-state index contributed by atoms with van der Waals surface area (Å²) < 4.78 is 0. The average molecular weight is 1950 g/mol. The highest BCUT2D eigenvalue weighted by Crippen LogP contribution is 2.28. The molecule has 3 aliphatic rings. The summed E-state index contributed by atoms with van der Waals surface area (Å²) >= 11 is 0.751. The van der Waals surface area contributed by atoms with Gasteiger partial charge in [0.15, 0.2) is 5.96 Å². The molecule has 3 aliphatic heterocycles. The van der Waals surface area contributed by atoms with Crippen molar-refractivity contribution in [1.29, 1.82) is 10.7 Å². The van der Waals surface area contributed by atoms with Crippen molar-refractivity contribution in [3.8, 4) is 6.07 Å². The number of guanidine groups is 1. The fourth-order valence-corrected chi connectivity index (χ4v) is 17.8. The number of benzene rings is 3. The van der Waals surface area contributed by atoms with Gasteiger partial charge in [0, 0.05) is 131 Å². The zero-order valence-corrected chi connectivity index (χ0v) is 79.2. The number of nitrogens with two attached hydrogens (primary N) is 4. The third kappa shape index (κ3) is 30.5. The number of carboxylic acid groups (broad SMARTS) is 1. The number of likely N-dealkylation sites (N-methyl/N-ethyl adjacent to an activating group) is 3. The van der Waals surface area contributed by atoms with E-state index < -0.39 is 260 Å². The summed E-state index contributed by atoms with van der Waals surface area (Å²) in [7, 11) is 3.90. The number of aliphatic hydroxyl groups excluding tert-OH is 1. The Morgan fingerprint density at radius 3 is 1.69 bits per heavy atom. The topological polar surface area (TPSA) is 708 Å². The van der Waals surface area contributed by atoms with E-state index in [-0.39, 0.29) is 95.1 Å². The zero-order valence-electron chi connectivity index (χ0n) is 78.4. The van der Waals surface area contributed by atoms with Gasteiger partial charge in [-0.3, -0.25) is 91.7 Å². The molecule has 17 amide bonds. The van der Waals surface area contributed by atoms with E-state index in [2.05, 4.69) is 78.4 Å². The molecule has 6 heterocycles. The van der Waals surface area contributed by atoms with Crippen LogP contribution in [0.4, 0.5) is 0 Å². The molecule has 46 nitrogen and oxygen atoms in total. The lowest BCUT2D eigenvalue weighted by Gasteiger charge is -2.36. The van der Waals surface area contributed by atoms with E-state index in [1.54, 1.807) is 60.9 Å². The van der Waals surface area contributed by atoms with E-state index in [0.717, 1.165) is 36.3 Å². The zero-order chi connectivity index (χ0) is 101. The summed E-state index contributed by atoms with van der Waals surface area (Å²) in [4.78, 5) is 282. The number of aliphatic hydroxyl groups is 1. The van der Waals surface area contributed by atoms with E-state index in [0.29, 0.717) is 64.2 Å². The minimum absolute atomic E-state index is 0.0111. The molecule has 0 radical (unpaired) electrons. The van der Waals surface area contributed by atoms with Gasteiger partial charge in [0.05, 0.1) is 42.8 Å². The number of fused-ring (bicyclic) bond motifs is 4. The van der Waals surface area contributed by atoms with E-state index >= 15 is 43.2 Å². The lowest BCUT2D eigenvalue weighted by atomic mass is 9.99. The lowest BCUT2D eigenvalue weighted by molar-refractivity contribution is -0.149. The second-order valence-corrected chi connectivity index (χ2v) is 35.8. The van der Waals surface area contributed by atoms with Crippen LogP contribution >= 0.6 is 11.8 Å². The maximum Gasteiger partial charge on any atom is 0.303 e. The van der Waals surface area contributed by atoms with Crippen LogP contribution in [0.25, 0.3) is 21.8 Å². The number of primary amides is 2. The summed E-state index contributed by atoms with van der Waals surface area (Å²) in [6.07, 6.45) is 1.40. The number of hydrogen-bond acceptors (Lipinski definition) is 24. The number of H-pyrrole nitrogens is 3. The Balaban J connectivity index is 1.12. The SMILES string of the molecule is CCCC[C@H]1C(=O)N(C)[C@@H](CCCC)C(=O)N[C@@H](CCCNC(=N)N)C(=O)N[C@H](C(=O)NCC(N)=O)CSCC(=O)N[C@@H](Cc2ccc(C#N)cc2)C(=O)N(C)[C@@H](C)C(=O)N[C@@H](CC(N)=O)C(=O)N2CCC[C@H]2C(=O)N[C@@H](Cc2cnc[nH]2)C(=O)N[C@@H](CCC(=O)O)C(=O)N2C[C@H](O)C[C@H]2C(=O)N[C@@H](Cc2c[nH]c3ccccc23)C(=O)NC(CCN)C(=O)N[C@@H](Cc2c[nH]c3ccccc23)C(=O)N1C. The number of nitrogens with zero attached hydrogens (tertiary/aromatic N) is 7. The maximum atomic E-state index is 15.9. The second kappa shape index (κ2) is 52.1. The number of hydrogen-bond donors (Lipinski definition) is 21. The summed E-state index contributed by atoms with van der Waals surface area (Å²) in [5.74, 6) is -19.5. The largest absolute Gasteiger partial charge is 0.481 e. The van der Waals surface area contributed by atoms with E-state index in [1.165, 1.54) is 64.9 Å². The van der Waals surface area contributed by atoms with Crippen LogP contribution in [0.2, 0.25) is 0 Å². The number of aromatic amines is 3. The Morgan fingerprint density at radius 2 is 1.09 bits per heavy atom. The number of aromatic nitrogens is 4. The average Bonchev–Trinajstić information content (AvgIpc) is 1.55. The number of unbranched alkanes of at least 4 members (excludes halogenated alkanes) is 2. The first-order chi connectivity index (χ1) is 66.3. The molecule has 9 rings (SSSR count). The molecule has 3 saturated heterocycles. The van der Waals surface area contributed by atoms with E-state index in [9.17, 15) is 58.6 Å².